The predicted octanol–water partition coefficient (Wildman–Crippen LogP) is 3.68. The Bertz CT molecular complexity index is 636. The van der Waals surface area contributed by atoms with Gasteiger partial charge in [0, 0.05) is 24.3 Å². The number of rotatable bonds is 6. The van der Waals surface area contributed by atoms with Crippen LogP contribution in [-0.2, 0) is 0 Å². The van der Waals surface area contributed by atoms with Gasteiger partial charge in [0.1, 0.15) is 17.2 Å². The fraction of sp³-hybridized carbons (Fsp3) is 0.176. The molecule has 0 amide bonds. The SMILES string of the molecule is COc1ccc(OC)c(N=CCC(=O)c2ccccc2)c1. The highest BCUT2D eigenvalue weighted by Crippen LogP contribution is 2.31. The normalized spacial score (nSPS) is 10.6. The Morgan fingerprint density at radius 3 is 2.52 bits per heavy atom. The van der Waals surface area contributed by atoms with Gasteiger partial charge in [-0.3, -0.25) is 9.79 Å². The highest BCUT2D eigenvalue weighted by atomic mass is 16.5. The maximum atomic E-state index is 12.0. The number of Topliss-reactive ketones (excluding diaryl/α,β-unsaturated/α-hetero) is 1. The highest BCUT2D eigenvalue weighted by molar-refractivity contribution is 6.03. The molecule has 4 nitrogen and oxygen atoms in total. The molecule has 0 fully saturated rings. The molecule has 0 saturated carbocycles. The van der Waals surface area contributed by atoms with E-state index < -0.39 is 0 Å². The van der Waals surface area contributed by atoms with Crippen molar-refractivity contribution in [2.24, 2.45) is 4.99 Å². The van der Waals surface area contributed by atoms with Crippen molar-refractivity contribution in [3.63, 3.8) is 0 Å². The number of hydrogen-bond acceptors (Lipinski definition) is 4. The summed E-state index contributed by atoms with van der Waals surface area (Å²) in [5.74, 6) is 1.36. The van der Waals surface area contributed by atoms with Crippen LogP contribution in [0.5, 0.6) is 11.5 Å². The van der Waals surface area contributed by atoms with E-state index in [-0.39, 0.29) is 12.2 Å². The lowest BCUT2D eigenvalue weighted by molar-refractivity contribution is 0.100. The van der Waals surface area contributed by atoms with Gasteiger partial charge in [-0.1, -0.05) is 30.3 Å². The zero-order valence-corrected chi connectivity index (χ0v) is 12.1. The highest BCUT2D eigenvalue weighted by Gasteiger charge is 2.05. The molecule has 0 bridgehead atoms. The van der Waals surface area contributed by atoms with E-state index in [2.05, 4.69) is 4.99 Å². The van der Waals surface area contributed by atoms with E-state index in [0.717, 1.165) is 0 Å². The van der Waals surface area contributed by atoms with E-state index in [4.69, 9.17) is 9.47 Å². The van der Waals surface area contributed by atoms with E-state index in [1.165, 1.54) is 0 Å². The quantitative estimate of drug-likeness (QED) is 0.600. The summed E-state index contributed by atoms with van der Waals surface area (Å²) in [6, 6.07) is 14.5. The molecule has 2 rings (SSSR count). The van der Waals surface area contributed by atoms with Crippen LogP contribution in [0.15, 0.2) is 53.5 Å². The van der Waals surface area contributed by atoms with Crippen molar-refractivity contribution in [3.8, 4) is 11.5 Å². The second-order valence-electron chi connectivity index (χ2n) is 4.34. The minimum absolute atomic E-state index is 0.0289. The molecule has 0 atom stereocenters. The summed E-state index contributed by atoms with van der Waals surface area (Å²) >= 11 is 0. The third-order valence-corrected chi connectivity index (χ3v) is 2.99. The zero-order valence-electron chi connectivity index (χ0n) is 12.1. The van der Waals surface area contributed by atoms with Crippen LogP contribution < -0.4 is 9.47 Å². The summed E-state index contributed by atoms with van der Waals surface area (Å²) in [5.41, 5.74) is 1.32. The van der Waals surface area contributed by atoms with Crippen LogP contribution >= 0.6 is 0 Å². The fourth-order valence-electron chi connectivity index (χ4n) is 1.87. The number of ether oxygens (including phenoxy) is 2. The van der Waals surface area contributed by atoms with Crippen molar-refractivity contribution < 1.29 is 14.3 Å². The van der Waals surface area contributed by atoms with Gasteiger partial charge in [0.2, 0.25) is 0 Å². The van der Waals surface area contributed by atoms with E-state index in [1.54, 1.807) is 50.8 Å². The van der Waals surface area contributed by atoms with Crippen molar-refractivity contribution >= 4 is 17.7 Å². The topological polar surface area (TPSA) is 47.9 Å². The second kappa shape index (κ2) is 7.24. The summed E-state index contributed by atoms with van der Waals surface area (Å²) in [6.45, 7) is 0. The number of ketones is 1. The van der Waals surface area contributed by atoms with Gasteiger partial charge in [-0.2, -0.15) is 0 Å². The Balaban J connectivity index is 2.09. The summed E-state index contributed by atoms with van der Waals surface area (Å²) in [5, 5.41) is 0. The van der Waals surface area contributed by atoms with Gasteiger partial charge in [0.25, 0.3) is 0 Å². The van der Waals surface area contributed by atoms with Crippen LogP contribution in [0.4, 0.5) is 5.69 Å². The van der Waals surface area contributed by atoms with Gasteiger partial charge in [0.05, 0.1) is 14.2 Å². The molecule has 0 saturated heterocycles. The monoisotopic (exact) mass is 283 g/mol. The Kier molecular flexibility index (Phi) is 5.10. The molecule has 21 heavy (non-hydrogen) atoms. The molecule has 0 aliphatic heterocycles. The zero-order chi connectivity index (χ0) is 15.1. The number of carbonyl (C=O) groups is 1. The molecular weight excluding hydrogens is 266 g/mol. The van der Waals surface area contributed by atoms with E-state index in [9.17, 15) is 4.79 Å². The molecule has 108 valence electrons. The van der Waals surface area contributed by atoms with Crippen molar-refractivity contribution in [2.75, 3.05) is 14.2 Å². The molecule has 0 unspecified atom stereocenters. The molecule has 2 aromatic rings. The molecule has 0 radical (unpaired) electrons. The van der Waals surface area contributed by atoms with Crippen LogP contribution in [0, 0.1) is 0 Å². The maximum Gasteiger partial charge on any atom is 0.168 e. The Labute approximate surface area is 124 Å². The van der Waals surface area contributed by atoms with Crippen molar-refractivity contribution in [1.29, 1.82) is 0 Å². The first kappa shape index (κ1) is 14.8. The number of methoxy groups -OCH3 is 2. The molecule has 0 aliphatic rings. The number of benzene rings is 2. The number of carbonyl (C=O) groups excluding carboxylic acids is 1. The second-order valence-corrected chi connectivity index (χ2v) is 4.34. The average Bonchev–Trinajstić information content (AvgIpc) is 2.55. The van der Waals surface area contributed by atoms with Gasteiger partial charge in [-0.05, 0) is 12.1 Å². The third-order valence-electron chi connectivity index (χ3n) is 2.99. The van der Waals surface area contributed by atoms with E-state index in [1.807, 2.05) is 18.2 Å². The Morgan fingerprint density at radius 1 is 1.10 bits per heavy atom. The largest absolute Gasteiger partial charge is 0.497 e. The third kappa shape index (κ3) is 3.92. The summed E-state index contributed by atoms with van der Waals surface area (Å²) in [6.07, 6.45) is 1.83. The molecule has 0 aromatic heterocycles. The molecule has 0 N–H and O–H groups in total. The molecule has 2 aromatic carbocycles. The maximum absolute atomic E-state index is 12.0. The molecule has 0 spiro atoms. The van der Waals surface area contributed by atoms with Crippen LogP contribution in [-0.4, -0.2) is 26.2 Å². The first-order valence-electron chi connectivity index (χ1n) is 6.57. The van der Waals surface area contributed by atoms with Gasteiger partial charge in [0.15, 0.2) is 5.78 Å². The van der Waals surface area contributed by atoms with Crippen LogP contribution in [0.1, 0.15) is 16.8 Å². The molecule has 0 aliphatic carbocycles. The first-order valence-corrected chi connectivity index (χ1v) is 6.57. The molecule has 0 heterocycles. The number of hydrogen-bond donors (Lipinski definition) is 0. The minimum atomic E-state index is 0.0289. The first-order chi connectivity index (χ1) is 10.2. The van der Waals surface area contributed by atoms with Crippen LogP contribution in [0.25, 0.3) is 0 Å². The van der Waals surface area contributed by atoms with Crippen LogP contribution in [0.2, 0.25) is 0 Å². The summed E-state index contributed by atoms with van der Waals surface area (Å²) in [4.78, 5) is 16.3. The Morgan fingerprint density at radius 2 is 1.86 bits per heavy atom. The summed E-state index contributed by atoms with van der Waals surface area (Å²) < 4.78 is 10.4. The van der Waals surface area contributed by atoms with Gasteiger partial charge in [-0.15, -0.1) is 0 Å². The predicted molar refractivity (Wildman–Crippen MR) is 83.1 cm³/mol. The van der Waals surface area contributed by atoms with E-state index in [0.29, 0.717) is 22.7 Å². The van der Waals surface area contributed by atoms with Crippen molar-refractivity contribution in [1.82, 2.24) is 0 Å². The molecule has 4 heteroatoms. The molecular formula is C17H17NO3. The van der Waals surface area contributed by atoms with Gasteiger partial charge < -0.3 is 9.47 Å². The lowest BCUT2D eigenvalue weighted by Crippen LogP contribution is -1.98. The van der Waals surface area contributed by atoms with Crippen LogP contribution in [0.3, 0.4) is 0 Å². The van der Waals surface area contributed by atoms with Crippen molar-refractivity contribution in [2.45, 2.75) is 6.42 Å². The fourth-order valence-corrected chi connectivity index (χ4v) is 1.87. The Hall–Kier alpha value is -2.62. The van der Waals surface area contributed by atoms with Crippen molar-refractivity contribution in [3.05, 3.63) is 54.1 Å². The minimum Gasteiger partial charge on any atom is -0.497 e. The van der Waals surface area contributed by atoms with Gasteiger partial charge in [-0.25, -0.2) is 0 Å². The lowest BCUT2D eigenvalue weighted by Gasteiger charge is -2.06. The van der Waals surface area contributed by atoms with E-state index >= 15 is 0 Å². The number of aliphatic imine (C=N–C) groups is 1. The average molecular weight is 283 g/mol. The number of nitrogens with zero attached hydrogens (tertiary/aromatic N) is 1. The summed E-state index contributed by atoms with van der Waals surface area (Å²) in [7, 11) is 3.17. The standard InChI is InChI=1S/C17H17NO3/c1-20-14-8-9-17(21-2)15(12-14)18-11-10-16(19)13-6-4-3-5-7-13/h3-9,11-12H,10H2,1-2H3. The lowest BCUT2D eigenvalue weighted by atomic mass is 10.1. The smallest absolute Gasteiger partial charge is 0.168 e. The van der Waals surface area contributed by atoms with Gasteiger partial charge >= 0.3 is 0 Å².